The Hall–Kier alpha value is -0.120. The van der Waals surface area contributed by atoms with Gasteiger partial charge in [-0.2, -0.15) is 0 Å². The molecule has 4 aliphatic heterocycles. The van der Waals surface area contributed by atoms with Gasteiger partial charge in [-0.3, -0.25) is 4.90 Å². The third-order valence-electron chi connectivity index (χ3n) is 6.32. The molecule has 0 aliphatic carbocycles. The molecule has 4 saturated heterocycles. The number of fused-ring (bicyclic) bond motifs is 3. The third kappa shape index (κ3) is 2.77. The molecule has 0 radical (unpaired) electrons. The van der Waals surface area contributed by atoms with Gasteiger partial charge in [0.05, 0.1) is 0 Å². The lowest BCUT2D eigenvalue weighted by molar-refractivity contribution is -0.0422. The van der Waals surface area contributed by atoms with E-state index in [1.54, 1.807) is 0 Å². The molecule has 0 amide bonds. The zero-order valence-corrected chi connectivity index (χ0v) is 13.6. The normalized spacial score (nSPS) is 45.8. The van der Waals surface area contributed by atoms with Crippen LogP contribution >= 0.6 is 0 Å². The molecule has 4 heterocycles. The molecule has 0 aromatic heterocycles. The number of hydrogen-bond donors (Lipinski definition) is 1. The molecule has 0 saturated carbocycles. The van der Waals surface area contributed by atoms with Crippen LogP contribution in [0.25, 0.3) is 0 Å². The van der Waals surface area contributed by atoms with Gasteiger partial charge in [-0.25, -0.2) is 0 Å². The predicted octanol–water partition coefficient (Wildman–Crippen LogP) is 2.18. The summed E-state index contributed by atoms with van der Waals surface area (Å²) < 4.78 is 0. The Morgan fingerprint density at radius 3 is 2.40 bits per heavy atom. The summed E-state index contributed by atoms with van der Waals surface area (Å²) >= 11 is 0. The van der Waals surface area contributed by atoms with Crippen LogP contribution in [0.3, 0.4) is 0 Å². The van der Waals surface area contributed by atoms with Crippen molar-refractivity contribution in [3.63, 3.8) is 0 Å². The quantitative estimate of drug-likeness (QED) is 0.851. The highest BCUT2D eigenvalue weighted by Gasteiger charge is 2.42. The fraction of sp³-hybridized carbons (Fsp3) is 1.00. The second-order valence-electron chi connectivity index (χ2n) is 7.39. The van der Waals surface area contributed by atoms with E-state index in [2.05, 4.69) is 35.9 Å². The lowest BCUT2D eigenvalue weighted by atomic mass is 9.79. The van der Waals surface area contributed by atoms with Crippen molar-refractivity contribution < 1.29 is 0 Å². The van der Waals surface area contributed by atoms with E-state index in [1.165, 1.54) is 58.4 Å². The van der Waals surface area contributed by atoms with Crippen molar-refractivity contribution in [1.82, 2.24) is 15.1 Å². The van der Waals surface area contributed by atoms with Crippen LogP contribution in [0.4, 0.5) is 0 Å². The number of piperidine rings is 4. The van der Waals surface area contributed by atoms with Gasteiger partial charge in [0.15, 0.2) is 0 Å². The van der Waals surface area contributed by atoms with Crippen LogP contribution in [0.15, 0.2) is 0 Å². The standard InChI is InChI=1S/C17H33N3/c1-4-8-18-16-7-11-20(14(3)13(16)2)17-12-19-9-5-15(17)6-10-19/h13-18H,4-12H2,1-3H3. The van der Waals surface area contributed by atoms with E-state index in [0.717, 1.165) is 30.0 Å². The zero-order chi connectivity index (χ0) is 14.1. The molecule has 3 nitrogen and oxygen atoms in total. The summed E-state index contributed by atoms with van der Waals surface area (Å²) in [5.74, 6) is 1.76. The highest BCUT2D eigenvalue weighted by Crippen LogP contribution is 2.35. The first-order chi connectivity index (χ1) is 9.70. The molecule has 20 heavy (non-hydrogen) atoms. The molecule has 2 bridgehead atoms. The molecular weight excluding hydrogens is 246 g/mol. The third-order valence-corrected chi connectivity index (χ3v) is 6.32. The number of nitrogens with one attached hydrogen (secondary N) is 1. The van der Waals surface area contributed by atoms with E-state index in [4.69, 9.17) is 0 Å². The molecule has 4 rings (SSSR count). The van der Waals surface area contributed by atoms with Crippen molar-refractivity contribution in [2.24, 2.45) is 11.8 Å². The van der Waals surface area contributed by atoms with Crippen molar-refractivity contribution in [2.75, 3.05) is 32.7 Å². The maximum atomic E-state index is 3.77. The van der Waals surface area contributed by atoms with Gasteiger partial charge in [-0.05, 0) is 64.1 Å². The Morgan fingerprint density at radius 2 is 1.80 bits per heavy atom. The molecule has 116 valence electrons. The number of nitrogens with zero attached hydrogens (tertiary/aromatic N) is 2. The Balaban J connectivity index is 1.61. The molecule has 4 aliphatic rings. The van der Waals surface area contributed by atoms with Crippen molar-refractivity contribution in [2.45, 2.75) is 64.6 Å². The lowest BCUT2D eigenvalue weighted by Gasteiger charge is -2.54. The summed E-state index contributed by atoms with van der Waals surface area (Å²) in [6, 6.07) is 2.33. The van der Waals surface area contributed by atoms with Crippen molar-refractivity contribution in [1.29, 1.82) is 0 Å². The first-order valence-corrected chi connectivity index (χ1v) is 8.92. The van der Waals surface area contributed by atoms with Gasteiger partial charge in [0.2, 0.25) is 0 Å². The fourth-order valence-electron chi connectivity index (χ4n) is 4.79. The van der Waals surface area contributed by atoms with Crippen LogP contribution in [0.5, 0.6) is 0 Å². The van der Waals surface area contributed by atoms with E-state index in [9.17, 15) is 0 Å². The van der Waals surface area contributed by atoms with Crippen LogP contribution in [0, 0.1) is 11.8 Å². The predicted molar refractivity (Wildman–Crippen MR) is 85.0 cm³/mol. The Morgan fingerprint density at radius 1 is 1.05 bits per heavy atom. The van der Waals surface area contributed by atoms with Crippen molar-refractivity contribution in [3.05, 3.63) is 0 Å². The number of likely N-dealkylation sites (tertiary alicyclic amines) is 1. The van der Waals surface area contributed by atoms with Crippen molar-refractivity contribution >= 4 is 0 Å². The Bertz CT molecular complexity index is 311. The Labute approximate surface area is 125 Å². The molecule has 4 fully saturated rings. The van der Waals surface area contributed by atoms with E-state index < -0.39 is 0 Å². The molecule has 1 N–H and O–H groups in total. The number of hydrogen-bond acceptors (Lipinski definition) is 3. The van der Waals surface area contributed by atoms with Gasteiger partial charge in [0.1, 0.15) is 0 Å². The van der Waals surface area contributed by atoms with E-state index in [-0.39, 0.29) is 0 Å². The highest BCUT2D eigenvalue weighted by atomic mass is 15.3. The van der Waals surface area contributed by atoms with Gasteiger partial charge in [0.25, 0.3) is 0 Å². The number of rotatable bonds is 4. The first-order valence-electron chi connectivity index (χ1n) is 8.92. The molecular formula is C17H33N3. The minimum absolute atomic E-state index is 0.738. The van der Waals surface area contributed by atoms with Gasteiger partial charge < -0.3 is 10.2 Å². The fourth-order valence-corrected chi connectivity index (χ4v) is 4.79. The monoisotopic (exact) mass is 279 g/mol. The van der Waals surface area contributed by atoms with Crippen LogP contribution in [0.1, 0.15) is 46.5 Å². The van der Waals surface area contributed by atoms with Gasteiger partial charge >= 0.3 is 0 Å². The largest absolute Gasteiger partial charge is 0.314 e. The van der Waals surface area contributed by atoms with Crippen LogP contribution in [-0.4, -0.2) is 60.6 Å². The zero-order valence-electron chi connectivity index (χ0n) is 13.6. The molecule has 0 aromatic carbocycles. The maximum absolute atomic E-state index is 3.77. The second kappa shape index (κ2) is 6.33. The lowest BCUT2D eigenvalue weighted by Crippen LogP contribution is -2.63. The van der Waals surface area contributed by atoms with E-state index >= 15 is 0 Å². The Kier molecular flexibility index (Phi) is 4.68. The summed E-state index contributed by atoms with van der Waals surface area (Å²) in [6.45, 7) is 13.8. The molecule has 0 aromatic rings. The molecule has 3 heteroatoms. The molecule has 0 spiro atoms. The van der Waals surface area contributed by atoms with Crippen LogP contribution in [0.2, 0.25) is 0 Å². The summed E-state index contributed by atoms with van der Waals surface area (Å²) in [6.07, 6.45) is 5.48. The van der Waals surface area contributed by atoms with Gasteiger partial charge in [0, 0.05) is 31.2 Å². The molecule has 4 atom stereocenters. The minimum Gasteiger partial charge on any atom is -0.314 e. The second-order valence-corrected chi connectivity index (χ2v) is 7.39. The van der Waals surface area contributed by atoms with Crippen molar-refractivity contribution in [3.8, 4) is 0 Å². The topological polar surface area (TPSA) is 18.5 Å². The molecule has 4 unspecified atom stereocenters. The minimum atomic E-state index is 0.738. The highest BCUT2D eigenvalue weighted by molar-refractivity contribution is 4.98. The maximum Gasteiger partial charge on any atom is 0.0255 e. The van der Waals surface area contributed by atoms with Crippen LogP contribution in [-0.2, 0) is 0 Å². The summed E-state index contributed by atoms with van der Waals surface area (Å²) in [5, 5.41) is 3.77. The summed E-state index contributed by atoms with van der Waals surface area (Å²) in [7, 11) is 0. The van der Waals surface area contributed by atoms with Crippen LogP contribution < -0.4 is 5.32 Å². The van der Waals surface area contributed by atoms with Gasteiger partial charge in [-0.1, -0.05) is 13.8 Å². The van der Waals surface area contributed by atoms with E-state index in [0.29, 0.717) is 0 Å². The average Bonchev–Trinajstić information content (AvgIpc) is 2.50. The van der Waals surface area contributed by atoms with Gasteiger partial charge in [-0.15, -0.1) is 0 Å². The first kappa shape index (κ1) is 14.8. The van der Waals surface area contributed by atoms with E-state index in [1.807, 2.05) is 0 Å². The summed E-state index contributed by atoms with van der Waals surface area (Å²) in [5.41, 5.74) is 0. The SMILES string of the molecule is CCCNC1CCN(C2CN3CCC2CC3)C(C)C1C. The summed E-state index contributed by atoms with van der Waals surface area (Å²) in [4.78, 5) is 5.56. The average molecular weight is 279 g/mol. The smallest absolute Gasteiger partial charge is 0.0255 e.